The highest BCUT2D eigenvalue weighted by Crippen LogP contribution is 2.39. The maximum Gasteiger partial charge on any atom is 0.266 e. The summed E-state index contributed by atoms with van der Waals surface area (Å²) in [6.07, 6.45) is 3.82. The van der Waals surface area contributed by atoms with Crippen molar-refractivity contribution in [3.63, 3.8) is 0 Å². The summed E-state index contributed by atoms with van der Waals surface area (Å²) in [7, 11) is 4.70. The molecule has 0 aromatic heterocycles. The lowest BCUT2D eigenvalue weighted by Gasteiger charge is -2.18. The minimum atomic E-state index is -0.104. The average molecular weight is 396 g/mol. The number of thiocarbonyl (C=S) groups is 1. The van der Waals surface area contributed by atoms with E-state index in [2.05, 4.69) is 0 Å². The van der Waals surface area contributed by atoms with E-state index in [1.807, 2.05) is 0 Å². The molecule has 0 aliphatic carbocycles. The van der Waals surface area contributed by atoms with Crippen LogP contribution >= 0.6 is 24.0 Å². The molecule has 26 heavy (non-hydrogen) atoms. The number of benzene rings is 1. The zero-order valence-corrected chi connectivity index (χ0v) is 16.6. The van der Waals surface area contributed by atoms with Crippen molar-refractivity contribution in [3.05, 3.63) is 22.6 Å². The van der Waals surface area contributed by atoms with Gasteiger partial charge < -0.3 is 18.9 Å². The van der Waals surface area contributed by atoms with Gasteiger partial charge in [0, 0.05) is 18.2 Å². The quantitative estimate of drug-likeness (QED) is 0.542. The molecule has 1 atom stereocenters. The Morgan fingerprint density at radius 1 is 1.23 bits per heavy atom. The molecule has 140 valence electrons. The fourth-order valence-corrected chi connectivity index (χ4v) is 4.22. The largest absolute Gasteiger partial charge is 0.496 e. The van der Waals surface area contributed by atoms with Crippen LogP contribution in [0, 0.1) is 0 Å². The Morgan fingerprint density at radius 2 is 1.92 bits per heavy atom. The van der Waals surface area contributed by atoms with E-state index in [0.717, 1.165) is 25.0 Å². The zero-order valence-electron chi connectivity index (χ0n) is 14.9. The Morgan fingerprint density at radius 3 is 2.54 bits per heavy atom. The summed E-state index contributed by atoms with van der Waals surface area (Å²) in [5.74, 6) is 1.61. The lowest BCUT2D eigenvalue weighted by atomic mass is 10.1. The fourth-order valence-electron chi connectivity index (χ4n) is 2.96. The summed E-state index contributed by atoms with van der Waals surface area (Å²) in [5, 5.41) is 0. The summed E-state index contributed by atoms with van der Waals surface area (Å²) in [4.78, 5) is 15.0. The monoisotopic (exact) mass is 395 g/mol. The fraction of sp³-hybridized carbons (Fsp3) is 0.444. The number of amides is 1. The Bertz CT molecular complexity index is 743. The lowest BCUT2D eigenvalue weighted by molar-refractivity contribution is -0.123. The number of thioether (sulfide) groups is 1. The van der Waals surface area contributed by atoms with Crippen LogP contribution in [0.1, 0.15) is 18.4 Å². The van der Waals surface area contributed by atoms with Crippen LogP contribution in [0.5, 0.6) is 17.2 Å². The molecule has 2 aliphatic rings. The van der Waals surface area contributed by atoms with Crippen LogP contribution in [0.25, 0.3) is 6.08 Å². The van der Waals surface area contributed by atoms with E-state index in [9.17, 15) is 4.79 Å². The highest BCUT2D eigenvalue weighted by molar-refractivity contribution is 8.26. The third-order valence-electron chi connectivity index (χ3n) is 4.31. The van der Waals surface area contributed by atoms with E-state index in [0.29, 0.717) is 33.0 Å². The Labute approximate surface area is 162 Å². The van der Waals surface area contributed by atoms with Gasteiger partial charge in [-0.15, -0.1) is 0 Å². The molecular formula is C18H21NO5S2. The van der Waals surface area contributed by atoms with Crippen LogP contribution in [-0.4, -0.2) is 55.7 Å². The van der Waals surface area contributed by atoms with E-state index < -0.39 is 0 Å². The van der Waals surface area contributed by atoms with Crippen LogP contribution in [0.4, 0.5) is 0 Å². The first kappa shape index (κ1) is 19.0. The molecule has 1 amide bonds. The molecule has 3 rings (SSSR count). The third-order valence-corrected chi connectivity index (χ3v) is 5.68. The van der Waals surface area contributed by atoms with Gasteiger partial charge in [0.2, 0.25) is 0 Å². The molecule has 0 bridgehead atoms. The van der Waals surface area contributed by atoms with Gasteiger partial charge in [0.1, 0.15) is 10.1 Å². The minimum absolute atomic E-state index is 0.0625. The first-order chi connectivity index (χ1) is 12.6. The van der Waals surface area contributed by atoms with Gasteiger partial charge in [-0.2, -0.15) is 0 Å². The number of ether oxygens (including phenoxy) is 4. The van der Waals surface area contributed by atoms with E-state index in [1.165, 1.54) is 11.8 Å². The van der Waals surface area contributed by atoms with Gasteiger partial charge in [-0.25, -0.2) is 0 Å². The number of methoxy groups -OCH3 is 3. The molecule has 2 saturated heterocycles. The molecule has 8 heteroatoms. The number of rotatable bonds is 6. The number of hydrogen-bond donors (Lipinski definition) is 0. The number of hydrogen-bond acceptors (Lipinski definition) is 7. The summed E-state index contributed by atoms with van der Waals surface area (Å²) in [5.41, 5.74) is 0.725. The predicted octanol–water partition coefficient (Wildman–Crippen LogP) is 3.09. The smallest absolute Gasteiger partial charge is 0.266 e. The van der Waals surface area contributed by atoms with Gasteiger partial charge in [0.05, 0.1) is 38.9 Å². The number of carbonyl (C=O) groups is 1. The topological polar surface area (TPSA) is 57.2 Å². The Hall–Kier alpha value is -1.77. The van der Waals surface area contributed by atoms with Gasteiger partial charge >= 0.3 is 0 Å². The van der Waals surface area contributed by atoms with Crippen molar-refractivity contribution in [1.29, 1.82) is 0 Å². The Balaban J connectivity index is 1.87. The molecular weight excluding hydrogens is 374 g/mol. The first-order valence-corrected chi connectivity index (χ1v) is 9.46. The van der Waals surface area contributed by atoms with Gasteiger partial charge in [0.25, 0.3) is 5.91 Å². The van der Waals surface area contributed by atoms with Crippen molar-refractivity contribution < 1.29 is 23.7 Å². The summed E-state index contributed by atoms with van der Waals surface area (Å²) in [6.45, 7) is 1.25. The van der Waals surface area contributed by atoms with Crippen molar-refractivity contribution >= 4 is 40.3 Å². The summed E-state index contributed by atoms with van der Waals surface area (Å²) < 4.78 is 22.2. The molecule has 0 spiro atoms. The molecule has 0 radical (unpaired) electrons. The van der Waals surface area contributed by atoms with Crippen LogP contribution in [-0.2, 0) is 9.53 Å². The first-order valence-electron chi connectivity index (χ1n) is 8.24. The summed E-state index contributed by atoms with van der Waals surface area (Å²) >= 11 is 6.68. The van der Waals surface area contributed by atoms with E-state index in [4.69, 9.17) is 31.2 Å². The van der Waals surface area contributed by atoms with Crippen molar-refractivity contribution in [1.82, 2.24) is 4.90 Å². The van der Waals surface area contributed by atoms with Crippen LogP contribution < -0.4 is 14.2 Å². The van der Waals surface area contributed by atoms with Gasteiger partial charge in [0.15, 0.2) is 11.5 Å². The highest BCUT2D eigenvalue weighted by atomic mass is 32.2. The third kappa shape index (κ3) is 3.82. The second-order valence-corrected chi connectivity index (χ2v) is 7.55. The van der Waals surface area contributed by atoms with Gasteiger partial charge in [-0.1, -0.05) is 24.0 Å². The van der Waals surface area contributed by atoms with Gasteiger partial charge in [-0.3, -0.25) is 9.69 Å². The van der Waals surface area contributed by atoms with Crippen molar-refractivity contribution in [2.24, 2.45) is 0 Å². The molecule has 0 N–H and O–H groups in total. The van der Waals surface area contributed by atoms with Crippen molar-refractivity contribution in [3.8, 4) is 17.2 Å². The molecule has 1 aromatic carbocycles. The minimum Gasteiger partial charge on any atom is -0.496 e. The number of carbonyl (C=O) groups excluding carboxylic acids is 1. The molecule has 2 aliphatic heterocycles. The second-order valence-electron chi connectivity index (χ2n) is 5.88. The Kier molecular flexibility index (Phi) is 6.05. The SMILES string of the molecule is COc1cc(OC)c(OC)cc1/C=C1\SC(=S)N(C[C@H]2CCCO2)C1=O. The average Bonchev–Trinajstić information content (AvgIpc) is 3.25. The van der Waals surface area contributed by atoms with E-state index in [1.54, 1.807) is 44.4 Å². The molecule has 6 nitrogen and oxygen atoms in total. The number of nitrogens with zero attached hydrogens (tertiary/aromatic N) is 1. The molecule has 2 fully saturated rings. The van der Waals surface area contributed by atoms with Crippen molar-refractivity contribution in [2.75, 3.05) is 34.5 Å². The predicted molar refractivity (Wildman–Crippen MR) is 105 cm³/mol. The highest BCUT2D eigenvalue weighted by Gasteiger charge is 2.34. The summed E-state index contributed by atoms with van der Waals surface area (Å²) in [6, 6.07) is 3.52. The molecule has 0 unspecified atom stereocenters. The molecule has 1 aromatic rings. The van der Waals surface area contributed by atoms with E-state index in [-0.39, 0.29) is 12.0 Å². The van der Waals surface area contributed by atoms with Crippen LogP contribution in [0.3, 0.4) is 0 Å². The molecule has 0 saturated carbocycles. The standard InChI is InChI=1S/C18H21NO5S2/c1-21-13-9-15(23-3)14(22-2)7-11(13)8-16-17(20)19(18(25)26-16)10-12-5-4-6-24-12/h7-9,12H,4-6,10H2,1-3H3/b16-8-/t12-/m1/s1. The van der Waals surface area contributed by atoms with Gasteiger partial charge in [-0.05, 0) is 25.0 Å². The van der Waals surface area contributed by atoms with E-state index >= 15 is 0 Å². The van der Waals surface area contributed by atoms with Crippen molar-refractivity contribution in [2.45, 2.75) is 18.9 Å². The lowest BCUT2D eigenvalue weighted by Crippen LogP contribution is -2.35. The second kappa shape index (κ2) is 8.28. The zero-order chi connectivity index (χ0) is 18.7. The molecule has 2 heterocycles. The normalized spacial score (nSPS) is 21.6. The van der Waals surface area contributed by atoms with Crippen LogP contribution in [0.15, 0.2) is 17.0 Å². The van der Waals surface area contributed by atoms with Crippen LogP contribution in [0.2, 0.25) is 0 Å². The maximum absolute atomic E-state index is 12.8. The maximum atomic E-state index is 12.8.